The average Bonchev–Trinajstić information content (AvgIpc) is 2.99. The van der Waals surface area contributed by atoms with Gasteiger partial charge in [0.1, 0.15) is 0 Å². The predicted octanol–water partition coefficient (Wildman–Crippen LogP) is 4.09. The standard InChI is InChI=1S/C15H21N3S/c1-11(2)10-18-8-7-16-15(18)17-13-4-3-5-14-12(13)6-9-19-14/h6-9,11,13H,3-5,10H2,1-2H3,(H,16,17). The lowest BCUT2D eigenvalue weighted by Gasteiger charge is -2.24. The van der Waals surface area contributed by atoms with Gasteiger partial charge in [0.2, 0.25) is 5.95 Å². The number of aromatic nitrogens is 2. The van der Waals surface area contributed by atoms with Gasteiger partial charge in [-0.25, -0.2) is 4.98 Å². The van der Waals surface area contributed by atoms with E-state index < -0.39 is 0 Å². The van der Waals surface area contributed by atoms with E-state index in [1.165, 1.54) is 24.8 Å². The van der Waals surface area contributed by atoms with E-state index in [-0.39, 0.29) is 0 Å². The van der Waals surface area contributed by atoms with Gasteiger partial charge < -0.3 is 9.88 Å². The van der Waals surface area contributed by atoms with Gasteiger partial charge in [-0.2, -0.15) is 0 Å². The Labute approximate surface area is 118 Å². The minimum absolute atomic E-state index is 0.434. The smallest absolute Gasteiger partial charge is 0.203 e. The van der Waals surface area contributed by atoms with E-state index in [4.69, 9.17) is 0 Å². The number of rotatable bonds is 4. The third-order valence-corrected chi connectivity index (χ3v) is 4.63. The van der Waals surface area contributed by atoms with E-state index in [9.17, 15) is 0 Å². The van der Waals surface area contributed by atoms with Crippen molar-refractivity contribution in [2.75, 3.05) is 5.32 Å². The first-order valence-corrected chi connectivity index (χ1v) is 7.96. The summed E-state index contributed by atoms with van der Waals surface area (Å²) in [6.07, 6.45) is 7.68. The molecule has 1 aliphatic rings. The number of hydrogen-bond acceptors (Lipinski definition) is 3. The fraction of sp³-hybridized carbons (Fsp3) is 0.533. The third-order valence-electron chi connectivity index (χ3n) is 3.63. The molecule has 0 fully saturated rings. The molecule has 102 valence electrons. The highest BCUT2D eigenvalue weighted by Gasteiger charge is 2.22. The topological polar surface area (TPSA) is 29.9 Å². The Kier molecular flexibility index (Phi) is 3.60. The maximum Gasteiger partial charge on any atom is 0.203 e. The Bertz CT molecular complexity index is 541. The minimum atomic E-state index is 0.434. The van der Waals surface area contributed by atoms with Gasteiger partial charge in [-0.3, -0.25) is 0 Å². The number of thiophene rings is 1. The van der Waals surface area contributed by atoms with Crippen LogP contribution in [0.3, 0.4) is 0 Å². The van der Waals surface area contributed by atoms with Gasteiger partial charge in [0.05, 0.1) is 6.04 Å². The van der Waals surface area contributed by atoms with Crippen LogP contribution in [0.4, 0.5) is 5.95 Å². The molecule has 1 atom stereocenters. The van der Waals surface area contributed by atoms with Crippen LogP contribution >= 0.6 is 11.3 Å². The maximum atomic E-state index is 4.48. The van der Waals surface area contributed by atoms with Gasteiger partial charge >= 0.3 is 0 Å². The largest absolute Gasteiger partial charge is 0.349 e. The Hall–Kier alpha value is -1.29. The predicted molar refractivity (Wildman–Crippen MR) is 80.7 cm³/mol. The average molecular weight is 275 g/mol. The molecule has 1 N–H and O–H groups in total. The molecule has 2 aromatic rings. The molecule has 1 aliphatic carbocycles. The van der Waals surface area contributed by atoms with E-state index in [0.29, 0.717) is 12.0 Å². The van der Waals surface area contributed by atoms with Crippen LogP contribution in [0, 0.1) is 5.92 Å². The first-order chi connectivity index (χ1) is 9.24. The second-order valence-corrected chi connectivity index (χ2v) is 6.69. The number of aryl methyl sites for hydroxylation is 1. The van der Waals surface area contributed by atoms with Crippen molar-refractivity contribution in [3.8, 4) is 0 Å². The Balaban J connectivity index is 1.78. The summed E-state index contributed by atoms with van der Waals surface area (Å²) in [6, 6.07) is 2.70. The van der Waals surface area contributed by atoms with Gasteiger partial charge in [-0.05, 0) is 42.2 Å². The quantitative estimate of drug-likeness (QED) is 0.910. The molecule has 0 aliphatic heterocycles. The van der Waals surface area contributed by atoms with Crippen LogP contribution < -0.4 is 5.32 Å². The molecular weight excluding hydrogens is 254 g/mol. The molecule has 19 heavy (non-hydrogen) atoms. The van der Waals surface area contributed by atoms with Crippen LogP contribution in [0.1, 0.15) is 43.2 Å². The zero-order valence-corrected chi connectivity index (χ0v) is 12.4. The van der Waals surface area contributed by atoms with Crippen molar-refractivity contribution in [1.29, 1.82) is 0 Å². The van der Waals surface area contributed by atoms with E-state index in [0.717, 1.165) is 12.5 Å². The Morgan fingerprint density at radius 2 is 2.42 bits per heavy atom. The van der Waals surface area contributed by atoms with Crippen molar-refractivity contribution in [3.05, 3.63) is 34.3 Å². The minimum Gasteiger partial charge on any atom is -0.349 e. The molecule has 0 saturated carbocycles. The van der Waals surface area contributed by atoms with Gasteiger partial charge in [-0.15, -0.1) is 11.3 Å². The van der Waals surface area contributed by atoms with Crippen molar-refractivity contribution >= 4 is 17.3 Å². The Morgan fingerprint density at radius 3 is 3.26 bits per heavy atom. The summed E-state index contributed by atoms with van der Waals surface area (Å²) in [6.45, 7) is 5.49. The number of nitrogens with one attached hydrogen (secondary N) is 1. The van der Waals surface area contributed by atoms with Crippen molar-refractivity contribution in [2.24, 2.45) is 5.92 Å². The SMILES string of the molecule is CC(C)Cn1ccnc1NC1CCCc2sccc21. The lowest BCUT2D eigenvalue weighted by molar-refractivity contribution is 0.520. The summed E-state index contributed by atoms with van der Waals surface area (Å²) >= 11 is 1.89. The summed E-state index contributed by atoms with van der Waals surface area (Å²) in [4.78, 5) is 6.02. The molecule has 0 saturated heterocycles. The molecule has 0 aromatic carbocycles. The number of imidazole rings is 1. The molecule has 2 aromatic heterocycles. The number of anilines is 1. The fourth-order valence-corrected chi connectivity index (χ4v) is 3.77. The molecule has 0 bridgehead atoms. The first-order valence-electron chi connectivity index (χ1n) is 7.08. The third kappa shape index (κ3) is 2.68. The Morgan fingerprint density at radius 1 is 1.53 bits per heavy atom. The summed E-state index contributed by atoms with van der Waals surface area (Å²) in [7, 11) is 0. The van der Waals surface area contributed by atoms with Gasteiger partial charge in [0.25, 0.3) is 0 Å². The highest BCUT2D eigenvalue weighted by Crippen LogP contribution is 2.35. The normalized spacial score (nSPS) is 18.6. The van der Waals surface area contributed by atoms with Crippen LogP contribution in [0.15, 0.2) is 23.8 Å². The van der Waals surface area contributed by atoms with Crippen molar-refractivity contribution in [3.63, 3.8) is 0 Å². The molecule has 2 heterocycles. The second-order valence-electron chi connectivity index (χ2n) is 5.69. The molecule has 1 unspecified atom stereocenters. The van der Waals surface area contributed by atoms with Crippen LogP contribution in [0.2, 0.25) is 0 Å². The van der Waals surface area contributed by atoms with Gasteiger partial charge in [0, 0.05) is 23.8 Å². The van der Waals surface area contributed by atoms with Crippen molar-refractivity contribution < 1.29 is 0 Å². The lowest BCUT2D eigenvalue weighted by Crippen LogP contribution is -2.19. The van der Waals surface area contributed by atoms with Crippen LogP contribution in [-0.4, -0.2) is 9.55 Å². The van der Waals surface area contributed by atoms with Crippen molar-refractivity contribution in [1.82, 2.24) is 9.55 Å². The molecule has 4 heteroatoms. The molecular formula is C15H21N3S. The summed E-state index contributed by atoms with van der Waals surface area (Å²) in [5.74, 6) is 1.65. The van der Waals surface area contributed by atoms with E-state index in [1.54, 1.807) is 4.88 Å². The molecule has 0 radical (unpaired) electrons. The van der Waals surface area contributed by atoms with Crippen LogP contribution in [0.5, 0.6) is 0 Å². The second kappa shape index (κ2) is 5.37. The number of hydrogen-bond donors (Lipinski definition) is 1. The molecule has 0 amide bonds. The first kappa shape index (κ1) is 12.7. The summed E-state index contributed by atoms with van der Waals surface area (Å²) < 4.78 is 2.23. The zero-order valence-electron chi connectivity index (χ0n) is 11.6. The van der Waals surface area contributed by atoms with Gasteiger partial charge in [-0.1, -0.05) is 13.8 Å². The molecule has 0 spiro atoms. The van der Waals surface area contributed by atoms with E-state index in [2.05, 4.69) is 46.4 Å². The lowest BCUT2D eigenvalue weighted by atomic mass is 9.94. The zero-order chi connectivity index (χ0) is 13.2. The highest BCUT2D eigenvalue weighted by molar-refractivity contribution is 7.10. The van der Waals surface area contributed by atoms with Gasteiger partial charge in [0.15, 0.2) is 0 Å². The monoisotopic (exact) mass is 275 g/mol. The number of fused-ring (bicyclic) bond motifs is 1. The van der Waals surface area contributed by atoms with Crippen LogP contribution in [0.25, 0.3) is 0 Å². The maximum absolute atomic E-state index is 4.48. The number of nitrogens with zero attached hydrogens (tertiary/aromatic N) is 2. The molecule has 3 rings (SSSR count). The van der Waals surface area contributed by atoms with E-state index >= 15 is 0 Å². The fourth-order valence-electron chi connectivity index (χ4n) is 2.78. The molecule has 3 nitrogen and oxygen atoms in total. The van der Waals surface area contributed by atoms with Crippen LogP contribution in [-0.2, 0) is 13.0 Å². The van der Waals surface area contributed by atoms with E-state index in [1.807, 2.05) is 17.5 Å². The highest BCUT2D eigenvalue weighted by atomic mass is 32.1. The van der Waals surface area contributed by atoms with Crippen molar-refractivity contribution in [2.45, 2.75) is 45.7 Å². The summed E-state index contributed by atoms with van der Waals surface area (Å²) in [5.41, 5.74) is 1.48. The summed E-state index contributed by atoms with van der Waals surface area (Å²) in [5, 5.41) is 5.85.